The topological polar surface area (TPSA) is 3.24 Å². The van der Waals surface area contributed by atoms with Gasteiger partial charge in [-0.1, -0.05) is 42.5 Å². The number of fused-ring (bicyclic) bond motifs is 5. The Bertz CT molecular complexity index is 675. The maximum absolute atomic E-state index is 2.52. The third-order valence-corrected chi connectivity index (χ3v) is 5.30. The van der Waals surface area contributed by atoms with Crippen LogP contribution in [0.2, 0.25) is 0 Å². The van der Waals surface area contributed by atoms with Gasteiger partial charge in [-0.15, -0.1) is 0 Å². The maximum atomic E-state index is 2.52. The van der Waals surface area contributed by atoms with E-state index < -0.39 is 0 Å². The molecular weight excluding hydrogens is 266 g/mol. The van der Waals surface area contributed by atoms with Crippen molar-refractivity contribution in [3.63, 3.8) is 0 Å². The fraction of sp³-hybridized carbons (Fsp3) is 0.429. The number of hydrogen-bond donors (Lipinski definition) is 0. The summed E-state index contributed by atoms with van der Waals surface area (Å²) in [6.45, 7) is 1.14. The van der Waals surface area contributed by atoms with E-state index in [0.717, 1.165) is 37.6 Å². The lowest BCUT2D eigenvalue weighted by molar-refractivity contribution is 0.417. The lowest BCUT2D eigenvalue weighted by Gasteiger charge is -2.17. The predicted octanol–water partition coefficient (Wildman–Crippen LogP) is 4.48. The number of hydrogen-bond acceptors (Lipinski definition) is 1. The van der Waals surface area contributed by atoms with Gasteiger partial charge in [0.05, 0.1) is 0 Å². The molecule has 114 valence electrons. The van der Waals surface area contributed by atoms with Crippen molar-refractivity contribution in [2.45, 2.75) is 31.6 Å². The highest BCUT2D eigenvalue weighted by Crippen LogP contribution is 2.57. The van der Waals surface area contributed by atoms with Crippen LogP contribution in [0.4, 0.5) is 0 Å². The molecule has 0 saturated heterocycles. The lowest BCUT2D eigenvalue weighted by Crippen LogP contribution is -2.12. The van der Waals surface area contributed by atoms with Gasteiger partial charge in [-0.3, -0.25) is 0 Å². The molecule has 2 unspecified atom stereocenters. The van der Waals surface area contributed by atoms with Crippen LogP contribution in [-0.4, -0.2) is 25.5 Å². The number of benzene rings is 1. The molecule has 1 nitrogen and oxygen atoms in total. The van der Waals surface area contributed by atoms with Crippen molar-refractivity contribution in [1.29, 1.82) is 0 Å². The van der Waals surface area contributed by atoms with E-state index in [4.69, 9.17) is 0 Å². The van der Waals surface area contributed by atoms with E-state index >= 15 is 0 Å². The van der Waals surface area contributed by atoms with Crippen molar-refractivity contribution in [3.8, 4) is 0 Å². The van der Waals surface area contributed by atoms with Gasteiger partial charge in [0.2, 0.25) is 0 Å². The molecule has 4 rings (SSSR count). The Hall–Kier alpha value is -1.60. The van der Waals surface area contributed by atoms with Crippen LogP contribution >= 0.6 is 0 Å². The number of allylic oxidation sites excluding steroid dienone is 5. The molecule has 0 radical (unpaired) electrons. The molecule has 1 fully saturated rings. The molecule has 0 bridgehead atoms. The molecule has 0 N–H and O–H groups in total. The quantitative estimate of drug-likeness (QED) is 0.793. The molecule has 1 heteroatoms. The van der Waals surface area contributed by atoms with Gasteiger partial charge in [-0.2, -0.15) is 0 Å². The maximum Gasteiger partial charge on any atom is 0.00100 e. The summed E-state index contributed by atoms with van der Waals surface area (Å²) in [5.74, 6) is 1.60. The summed E-state index contributed by atoms with van der Waals surface area (Å²) >= 11 is 0. The highest BCUT2D eigenvalue weighted by molar-refractivity contribution is 5.55. The second kappa shape index (κ2) is 5.55. The molecular formula is C21H25N. The smallest absolute Gasteiger partial charge is 0.00100 e. The Morgan fingerprint density at radius 2 is 2.05 bits per heavy atom. The Morgan fingerprint density at radius 1 is 1.18 bits per heavy atom. The van der Waals surface area contributed by atoms with Crippen molar-refractivity contribution >= 4 is 0 Å². The van der Waals surface area contributed by atoms with Crippen molar-refractivity contribution < 1.29 is 0 Å². The molecule has 2 atom stereocenters. The van der Waals surface area contributed by atoms with Crippen LogP contribution in [-0.2, 0) is 6.42 Å². The molecule has 22 heavy (non-hydrogen) atoms. The van der Waals surface area contributed by atoms with Crippen molar-refractivity contribution in [3.05, 3.63) is 70.3 Å². The van der Waals surface area contributed by atoms with E-state index in [0.29, 0.717) is 0 Å². The predicted molar refractivity (Wildman–Crippen MR) is 93.0 cm³/mol. The zero-order valence-electron chi connectivity index (χ0n) is 13.7. The van der Waals surface area contributed by atoms with Crippen LogP contribution in [0.3, 0.4) is 0 Å². The van der Waals surface area contributed by atoms with E-state index in [9.17, 15) is 0 Å². The molecule has 0 heterocycles. The first-order chi connectivity index (χ1) is 10.7. The molecule has 3 aliphatic carbocycles. The number of rotatable bonds is 3. The summed E-state index contributed by atoms with van der Waals surface area (Å²) in [4.78, 5) is 2.25. The average molecular weight is 291 g/mol. The van der Waals surface area contributed by atoms with E-state index in [1.165, 1.54) is 12.0 Å². The molecule has 1 aromatic carbocycles. The molecule has 0 aliphatic heterocycles. The summed E-state index contributed by atoms with van der Waals surface area (Å²) in [5, 5.41) is 0. The number of nitrogens with zero attached hydrogens (tertiary/aromatic N) is 1. The molecule has 1 saturated carbocycles. The van der Waals surface area contributed by atoms with Crippen molar-refractivity contribution in [2.24, 2.45) is 5.92 Å². The van der Waals surface area contributed by atoms with E-state index in [1.54, 1.807) is 22.3 Å². The molecule has 1 aromatic rings. The Balaban J connectivity index is 1.60. The highest BCUT2D eigenvalue weighted by atomic mass is 15.0. The fourth-order valence-corrected chi connectivity index (χ4v) is 4.06. The Morgan fingerprint density at radius 3 is 2.91 bits per heavy atom. The summed E-state index contributed by atoms with van der Waals surface area (Å²) < 4.78 is 0. The van der Waals surface area contributed by atoms with E-state index in [2.05, 4.69) is 61.5 Å². The Labute approximate surface area is 134 Å². The second-order valence-corrected chi connectivity index (χ2v) is 7.23. The normalized spacial score (nSPS) is 27.5. The molecule has 3 aliphatic rings. The van der Waals surface area contributed by atoms with E-state index in [1.807, 2.05) is 0 Å². The largest absolute Gasteiger partial charge is 0.309 e. The average Bonchev–Trinajstić information content (AvgIpc) is 3.28. The van der Waals surface area contributed by atoms with Crippen LogP contribution < -0.4 is 0 Å². The van der Waals surface area contributed by atoms with Crippen LogP contribution in [0, 0.1) is 5.92 Å². The van der Waals surface area contributed by atoms with Gasteiger partial charge in [0.25, 0.3) is 0 Å². The first-order valence-electron chi connectivity index (χ1n) is 8.55. The third-order valence-electron chi connectivity index (χ3n) is 5.30. The molecule has 0 aromatic heterocycles. The highest BCUT2D eigenvalue weighted by Gasteiger charge is 2.44. The fourth-order valence-electron chi connectivity index (χ4n) is 4.06. The van der Waals surface area contributed by atoms with Gasteiger partial charge < -0.3 is 4.90 Å². The molecule has 0 spiro atoms. The minimum absolute atomic E-state index is 0.799. The first kappa shape index (κ1) is 14.0. The summed E-state index contributed by atoms with van der Waals surface area (Å²) in [6.07, 6.45) is 12.2. The second-order valence-electron chi connectivity index (χ2n) is 7.23. The van der Waals surface area contributed by atoms with E-state index in [-0.39, 0.29) is 0 Å². The summed E-state index contributed by atoms with van der Waals surface area (Å²) in [6, 6.07) is 9.09. The van der Waals surface area contributed by atoms with Gasteiger partial charge in [0.15, 0.2) is 0 Å². The minimum Gasteiger partial charge on any atom is -0.309 e. The van der Waals surface area contributed by atoms with Gasteiger partial charge in [-0.25, -0.2) is 0 Å². The molecule has 0 amide bonds. The van der Waals surface area contributed by atoms with Crippen molar-refractivity contribution in [1.82, 2.24) is 4.90 Å². The summed E-state index contributed by atoms with van der Waals surface area (Å²) in [7, 11) is 4.29. The zero-order chi connectivity index (χ0) is 15.1. The SMILES string of the molecule is CN(C)CCC=C1C=C2Cc3ccccc3C3CC3C2=CC1. The zero-order valence-corrected chi connectivity index (χ0v) is 13.7. The Kier molecular flexibility index (Phi) is 3.54. The van der Waals surface area contributed by atoms with Crippen LogP contribution in [0.25, 0.3) is 0 Å². The van der Waals surface area contributed by atoms with Gasteiger partial charge in [0.1, 0.15) is 0 Å². The van der Waals surface area contributed by atoms with Gasteiger partial charge >= 0.3 is 0 Å². The van der Waals surface area contributed by atoms with Gasteiger partial charge in [0, 0.05) is 6.54 Å². The van der Waals surface area contributed by atoms with Crippen LogP contribution in [0.5, 0.6) is 0 Å². The minimum atomic E-state index is 0.799. The van der Waals surface area contributed by atoms with Crippen molar-refractivity contribution in [2.75, 3.05) is 20.6 Å². The van der Waals surface area contributed by atoms with Crippen LogP contribution in [0.1, 0.15) is 36.3 Å². The third kappa shape index (κ3) is 2.59. The monoisotopic (exact) mass is 291 g/mol. The summed E-state index contributed by atoms with van der Waals surface area (Å²) in [5.41, 5.74) is 7.92. The lowest BCUT2D eigenvalue weighted by atomic mass is 9.88. The van der Waals surface area contributed by atoms with Gasteiger partial charge in [-0.05, 0) is 79.5 Å². The van der Waals surface area contributed by atoms with Crippen LogP contribution in [0.15, 0.2) is 59.2 Å². The first-order valence-corrected chi connectivity index (χ1v) is 8.55. The standard InChI is InChI=1S/C21H25N/c1-22(2)11-5-6-15-9-10-19-17(12-15)13-16-7-3-4-8-18(16)20-14-21(19)20/h3-4,6-8,10,12,20-21H,5,9,11,13-14H2,1-2H3.